The summed E-state index contributed by atoms with van der Waals surface area (Å²) in [5.74, 6) is -0.943. The zero-order chi connectivity index (χ0) is 21.2. The molecule has 156 valence electrons. The summed E-state index contributed by atoms with van der Waals surface area (Å²) in [6.07, 6.45) is 10.4. The van der Waals surface area contributed by atoms with Crippen molar-refractivity contribution < 1.29 is 23.9 Å². The van der Waals surface area contributed by atoms with Crippen LogP contribution >= 0.6 is 11.6 Å². The molecule has 6 nitrogen and oxygen atoms in total. The first-order valence-electron chi connectivity index (χ1n) is 9.47. The lowest BCUT2D eigenvalue weighted by atomic mass is 9.94. The highest BCUT2D eigenvalue weighted by molar-refractivity contribution is 6.33. The second-order valence-corrected chi connectivity index (χ2v) is 7.04. The highest BCUT2D eigenvalue weighted by atomic mass is 35.5. The Morgan fingerprint density at radius 2 is 1.90 bits per heavy atom. The molecule has 0 aromatic heterocycles. The minimum atomic E-state index is -0.530. The normalized spacial score (nSPS) is 17.8. The lowest BCUT2D eigenvalue weighted by molar-refractivity contribution is -0.145. The predicted octanol–water partition coefficient (Wildman–Crippen LogP) is 4.50. The molecule has 2 rings (SSSR count). The van der Waals surface area contributed by atoms with Crippen molar-refractivity contribution in [1.29, 1.82) is 0 Å². The number of hydrogen-bond acceptors (Lipinski definition) is 6. The van der Waals surface area contributed by atoms with Crippen LogP contribution in [0.3, 0.4) is 0 Å². The van der Waals surface area contributed by atoms with E-state index in [0.29, 0.717) is 34.9 Å². The molecule has 1 aliphatic heterocycles. The van der Waals surface area contributed by atoms with Crippen LogP contribution in [0.15, 0.2) is 35.5 Å². The zero-order valence-electron chi connectivity index (χ0n) is 17.0. The number of carbonyl (C=O) groups excluding carboxylic acids is 2. The maximum Gasteiger partial charge on any atom is 0.346 e. The number of ether oxygens (including phenoxy) is 2. The topological polar surface area (TPSA) is 74.2 Å². The molecular formula is C22H26ClNO5. The van der Waals surface area contributed by atoms with Gasteiger partial charge in [-0.25, -0.2) is 9.59 Å². The number of rotatable bonds is 3. The van der Waals surface area contributed by atoms with Gasteiger partial charge in [0.25, 0.3) is 0 Å². The van der Waals surface area contributed by atoms with Crippen LogP contribution in [0.5, 0.6) is 0 Å². The molecule has 0 saturated heterocycles. The van der Waals surface area contributed by atoms with Crippen LogP contribution < -0.4 is 0 Å². The van der Waals surface area contributed by atoms with E-state index in [1.165, 1.54) is 7.11 Å². The standard InChI is InChI=1S/C22H26ClNO5/c1-15-12-16(2)21(23)18-13-17(24-29-14-19(25)27-3)10-8-6-4-5-7-9-11-28-22(26)20(15)18/h5,7-8,10,12H,4,6,9,11,13-14H2,1-3H3/b7-5+,10-8?,24-17+. The van der Waals surface area contributed by atoms with Gasteiger partial charge in [0.05, 0.1) is 25.0 Å². The molecule has 0 atom stereocenters. The minimum absolute atomic E-state index is 0.263. The Hall–Kier alpha value is -2.60. The lowest BCUT2D eigenvalue weighted by Gasteiger charge is -2.16. The average Bonchev–Trinajstić information content (AvgIpc) is 2.69. The molecule has 0 N–H and O–H groups in total. The van der Waals surface area contributed by atoms with Crippen LogP contribution in [0.2, 0.25) is 5.02 Å². The number of nitrogens with zero attached hydrogens (tertiary/aromatic N) is 1. The van der Waals surface area contributed by atoms with E-state index in [9.17, 15) is 9.59 Å². The lowest BCUT2D eigenvalue weighted by Crippen LogP contribution is -2.15. The van der Waals surface area contributed by atoms with Gasteiger partial charge in [-0.15, -0.1) is 0 Å². The molecule has 1 aromatic rings. The van der Waals surface area contributed by atoms with E-state index in [4.69, 9.17) is 21.2 Å². The summed E-state index contributed by atoms with van der Waals surface area (Å²) in [6, 6.07) is 1.87. The summed E-state index contributed by atoms with van der Waals surface area (Å²) in [6.45, 7) is 3.75. The summed E-state index contributed by atoms with van der Waals surface area (Å²) < 4.78 is 10.0. The fourth-order valence-electron chi connectivity index (χ4n) is 2.97. The highest BCUT2D eigenvalue weighted by Crippen LogP contribution is 2.29. The van der Waals surface area contributed by atoms with Crippen molar-refractivity contribution in [1.82, 2.24) is 0 Å². The number of methoxy groups -OCH3 is 1. The van der Waals surface area contributed by atoms with Gasteiger partial charge in [-0.3, -0.25) is 0 Å². The Balaban J connectivity index is 2.45. The Kier molecular flexibility index (Phi) is 8.93. The number of cyclic esters (lactones) is 1. The van der Waals surface area contributed by atoms with E-state index in [2.05, 4.69) is 9.89 Å². The van der Waals surface area contributed by atoms with E-state index in [1.54, 1.807) is 0 Å². The second kappa shape index (κ2) is 11.4. The summed E-state index contributed by atoms with van der Waals surface area (Å²) in [7, 11) is 1.28. The van der Waals surface area contributed by atoms with Gasteiger partial charge in [-0.1, -0.05) is 41.1 Å². The van der Waals surface area contributed by atoms with E-state index >= 15 is 0 Å². The molecule has 0 radical (unpaired) electrons. The van der Waals surface area contributed by atoms with E-state index in [-0.39, 0.29) is 13.0 Å². The summed E-state index contributed by atoms with van der Waals surface area (Å²) >= 11 is 6.56. The maximum atomic E-state index is 12.8. The number of allylic oxidation sites excluding steroid dienone is 3. The fourth-order valence-corrected chi connectivity index (χ4v) is 3.18. The number of hydrogen-bond donors (Lipinski definition) is 0. The smallest absolute Gasteiger partial charge is 0.346 e. The van der Waals surface area contributed by atoms with Gasteiger partial charge < -0.3 is 14.3 Å². The predicted molar refractivity (Wildman–Crippen MR) is 112 cm³/mol. The largest absolute Gasteiger partial charge is 0.466 e. The Morgan fingerprint density at radius 1 is 1.17 bits per heavy atom. The van der Waals surface area contributed by atoms with Crippen molar-refractivity contribution in [3.63, 3.8) is 0 Å². The van der Waals surface area contributed by atoms with Crippen molar-refractivity contribution in [2.45, 2.75) is 39.5 Å². The number of aryl methyl sites for hydroxylation is 2. The third-order valence-electron chi connectivity index (χ3n) is 4.39. The van der Waals surface area contributed by atoms with Gasteiger partial charge in [0.2, 0.25) is 6.61 Å². The molecular weight excluding hydrogens is 394 g/mol. The van der Waals surface area contributed by atoms with Gasteiger partial charge in [-0.05, 0) is 55.9 Å². The molecule has 0 saturated carbocycles. The molecule has 0 fully saturated rings. The molecule has 1 heterocycles. The van der Waals surface area contributed by atoms with Crippen molar-refractivity contribution >= 4 is 29.3 Å². The minimum Gasteiger partial charge on any atom is -0.466 e. The number of halogens is 1. The van der Waals surface area contributed by atoms with Gasteiger partial charge in [0, 0.05) is 11.4 Å². The first-order chi connectivity index (χ1) is 13.9. The van der Waals surface area contributed by atoms with Crippen LogP contribution in [-0.4, -0.2) is 38.0 Å². The summed E-state index contributed by atoms with van der Waals surface area (Å²) in [5.41, 5.74) is 3.25. The molecule has 0 amide bonds. The number of oxime groups is 1. The van der Waals surface area contributed by atoms with Crippen LogP contribution in [0.1, 0.15) is 46.3 Å². The van der Waals surface area contributed by atoms with Crippen LogP contribution in [0, 0.1) is 13.8 Å². The van der Waals surface area contributed by atoms with Crippen molar-refractivity contribution in [2.75, 3.05) is 20.3 Å². The molecule has 29 heavy (non-hydrogen) atoms. The fraction of sp³-hybridized carbons (Fsp3) is 0.409. The Bertz CT molecular complexity index is 842. The zero-order valence-corrected chi connectivity index (χ0v) is 17.8. The molecule has 0 aliphatic carbocycles. The van der Waals surface area contributed by atoms with Crippen molar-refractivity contribution in [3.8, 4) is 0 Å². The number of fused-ring (bicyclic) bond motifs is 1. The van der Waals surface area contributed by atoms with Crippen LogP contribution in [0.4, 0.5) is 0 Å². The third kappa shape index (κ3) is 6.75. The Labute approximate surface area is 176 Å². The summed E-state index contributed by atoms with van der Waals surface area (Å²) in [4.78, 5) is 29.2. The average molecular weight is 420 g/mol. The van der Waals surface area contributed by atoms with E-state index < -0.39 is 11.9 Å². The number of carbonyl (C=O) groups is 2. The van der Waals surface area contributed by atoms with Crippen molar-refractivity contribution in [3.05, 3.63) is 57.6 Å². The third-order valence-corrected chi connectivity index (χ3v) is 4.91. The first kappa shape index (κ1) is 22.7. The monoisotopic (exact) mass is 419 g/mol. The SMILES string of the molecule is COC(=O)CO/N=C1\C=CCC/C=C/CCOC(=O)c2c(C)cc(C)c(Cl)c2C1. The first-order valence-corrected chi connectivity index (χ1v) is 9.84. The number of benzene rings is 1. The maximum absolute atomic E-state index is 12.8. The van der Waals surface area contributed by atoms with Gasteiger partial charge >= 0.3 is 11.9 Å². The Morgan fingerprint density at radius 3 is 2.66 bits per heavy atom. The number of esters is 2. The van der Waals surface area contributed by atoms with E-state index in [0.717, 1.165) is 24.0 Å². The van der Waals surface area contributed by atoms with Crippen molar-refractivity contribution in [2.24, 2.45) is 5.16 Å². The molecule has 1 aliphatic rings. The van der Waals surface area contributed by atoms with Gasteiger partial charge in [-0.2, -0.15) is 0 Å². The molecule has 0 spiro atoms. The molecule has 1 aromatic carbocycles. The molecule has 7 heteroatoms. The van der Waals surface area contributed by atoms with E-state index in [1.807, 2.05) is 44.2 Å². The van der Waals surface area contributed by atoms with Gasteiger partial charge in [0.1, 0.15) is 0 Å². The quantitative estimate of drug-likeness (QED) is 0.409. The summed E-state index contributed by atoms with van der Waals surface area (Å²) in [5, 5.41) is 4.56. The molecule has 0 unspecified atom stereocenters. The molecule has 0 bridgehead atoms. The highest BCUT2D eigenvalue weighted by Gasteiger charge is 2.21. The van der Waals surface area contributed by atoms with Gasteiger partial charge in [0.15, 0.2) is 0 Å². The van der Waals surface area contributed by atoms with Crippen LogP contribution in [0.25, 0.3) is 0 Å². The van der Waals surface area contributed by atoms with Crippen LogP contribution in [-0.2, 0) is 25.5 Å². The second-order valence-electron chi connectivity index (χ2n) is 6.66.